The van der Waals surface area contributed by atoms with E-state index >= 15 is 0 Å². The van der Waals surface area contributed by atoms with Crippen molar-refractivity contribution in [3.63, 3.8) is 0 Å². The summed E-state index contributed by atoms with van der Waals surface area (Å²) in [5.74, 6) is 0.597. The van der Waals surface area contributed by atoms with Gasteiger partial charge in [-0.25, -0.2) is 4.57 Å². The minimum Gasteiger partial charge on any atom is -0.425 e. The Kier molecular flexibility index (Phi) is 15.9. The summed E-state index contributed by atoms with van der Waals surface area (Å²) in [7, 11) is -3.01. The van der Waals surface area contributed by atoms with Crippen LogP contribution in [-0.2, 0) is 9.09 Å². The van der Waals surface area contributed by atoms with Crippen LogP contribution in [0, 0.1) is 0 Å². The van der Waals surface area contributed by atoms with Crippen LogP contribution in [0.5, 0.6) is 5.75 Å². The van der Waals surface area contributed by atoms with E-state index in [2.05, 4.69) is 19.1 Å². The van der Waals surface area contributed by atoms with Crippen LogP contribution in [0.2, 0.25) is 0 Å². The molecule has 166 valence electrons. The van der Waals surface area contributed by atoms with E-state index < -0.39 is 7.60 Å². The fourth-order valence-corrected chi connectivity index (χ4v) is 4.30. The first-order valence-electron chi connectivity index (χ1n) is 11.8. The predicted octanol–water partition coefficient (Wildman–Crippen LogP) is 8.94. The van der Waals surface area contributed by atoms with Crippen LogP contribution >= 0.6 is 7.60 Å². The molecule has 1 aromatic rings. The van der Waals surface area contributed by atoms with Gasteiger partial charge in [0.25, 0.3) is 0 Å². The molecule has 0 bridgehead atoms. The Morgan fingerprint density at radius 2 is 1.28 bits per heavy atom. The lowest BCUT2D eigenvalue weighted by Gasteiger charge is -2.15. The molecule has 1 aromatic carbocycles. The van der Waals surface area contributed by atoms with E-state index in [0.29, 0.717) is 12.4 Å². The summed E-state index contributed by atoms with van der Waals surface area (Å²) in [6.45, 7) is 4.31. The molecule has 0 saturated carbocycles. The normalized spacial score (nSPS) is 13.6. The van der Waals surface area contributed by atoms with Crippen molar-refractivity contribution >= 4 is 7.60 Å². The number of allylic oxidation sites excluding steroid dienone is 2. The molecule has 1 unspecified atom stereocenters. The van der Waals surface area contributed by atoms with E-state index in [-0.39, 0.29) is 0 Å². The fraction of sp³-hybridized carbons (Fsp3) is 0.680. The molecule has 1 atom stereocenters. The van der Waals surface area contributed by atoms with Gasteiger partial charge in [0.05, 0.1) is 6.61 Å². The second-order valence-electron chi connectivity index (χ2n) is 7.95. The zero-order valence-electron chi connectivity index (χ0n) is 18.8. The summed E-state index contributed by atoms with van der Waals surface area (Å²) in [6.07, 6.45) is 22.6. The van der Waals surface area contributed by atoms with Gasteiger partial charge in [0.2, 0.25) is 0 Å². The van der Waals surface area contributed by atoms with Gasteiger partial charge < -0.3 is 4.52 Å². The van der Waals surface area contributed by atoms with Gasteiger partial charge in [0, 0.05) is 6.66 Å². The largest absolute Gasteiger partial charge is 0.425 e. The van der Waals surface area contributed by atoms with Crippen molar-refractivity contribution < 1.29 is 13.6 Å². The molecule has 0 fully saturated rings. The summed E-state index contributed by atoms with van der Waals surface area (Å²) in [4.78, 5) is 0. The molecule has 0 saturated heterocycles. The zero-order chi connectivity index (χ0) is 21.0. The Morgan fingerprint density at radius 3 is 1.86 bits per heavy atom. The van der Waals surface area contributed by atoms with Gasteiger partial charge in [0.1, 0.15) is 5.75 Å². The highest BCUT2D eigenvalue weighted by atomic mass is 31.2. The van der Waals surface area contributed by atoms with Crippen LogP contribution in [0.4, 0.5) is 0 Å². The van der Waals surface area contributed by atoms with Gasteiger partial charge in [-0.15, -0.1) is 0 Å². The standard InChI is InChI=1S/C25H43O3P/c1-3-4-5-6-7-8-9-10-11-12-13-14-15-16-17-21-24-27-29(2,26)28-25-22-19-18-20-23-25/h10-11,18-20,22-23H,3-9,12-17,21,24H2,1-2H3/b11-10-. The molecule has 0 aliphatic rings. The van der Waals surface area contributed by atoms with Gasteiger partial charge in [-0.3, -0.25) is 4.52 Å². The monoisotopic (exact) mass is 422 g/mol. The van der Waals surface area contributed by atoms with Gasteiger partial charge >= 0.3 is 7.60 Å². The van der Waals surface area contributed by atoms with E-state index in [4.69, 9.17) is 9.05 Å². The Balaban J connectivity index is 1.86. The van der Waals surface area contributed by atoms with Crippen LogP contribution in [0.3, 0.4) is 0 Å². The molecule has 0 amide bonds. The van der Waals surface area contributed by atoms with Crippen LogP contribution < -0.4 is 4.52 Å². The zero-order valence-corrected chi connectivity index (χ0v) is 19.7. The lowest BCUT2D eigenvalue weighted by Crippen LogP contribution is -1.98. The van der Waals surface area contributed by atoms with Crippen LogP contribution in [0.25, 0.3) is 0 Å². The second kappa shape index (κ2) is 17.8. The molecular weight excluding hydrogens is 379 g/mol. The number of benzene rings is 1. The molecule has 0 spiro atoms. The molecule has 29 heavy (non-hydrogen) atoms. The molecule has 0 heterocycles. The van der Waals surface area contributed by atoms with Gasteiger partial charge in [-0.05, 0) is 44.2 Å². The molecule has 1 rings (SSSR count). The first-order valence-corrected chi connectivity index (χ1v) is 13.7. The van der Waals surface area contributed by atoms with Crippen molar-refractivity contribution in [2.45, 2.75) is 96.8 Å². The van der Waals surface area contributed by atoms with E-state index in [9.17, 15) is 4.57 Å². The quantitative estimate of drug-likeness (QED) is 0.127. The molecule has 0 aromatic heterocycles. The molecule has 3 nitrogen and oxygen atoms in total. The highest BCUT2D eigenvalue weighted by Gasteiger charge is 2.17. The molecule has 0 aliphatic carbocycles. The predicted molar refractivity (Wildman–Crippen MR) is 126 cm³/mol. The highest BCUT2D eigenvalue weighted by Crippen LogP contribution is 2.44. The smallest absolute Gasteiger partial charge is 0.376 e. The Hall–Kier alpha value is -1.05. The number of hydrogen-bond acceptors (Lipinski definition) is 3. The maximum Gasteiger partial charge on any atom is 0.376 e. The van der Waals surface area contributed by atoms with Crippen molar-refractivity contribution in [3.8, 4) is 5.75 Å². The topological polar surface area (TPSA) is 35.5 Å². The number of rotatable bonds is 19. The first kappa shape index (κ1) is 26.0. The first-order chi connectivity index (χ1) is 14.1. The number of para-hydroxylation sites is 1. The lowest BCUT2D eigenvalue weighted by atomic mass is 10.1. The maximum absolute atomic E-state index is 12.3. The number of unbranched alkanes of at least 4 members (excludes halogenated alkanes) is 12. The minimum atomic E-state index is -3.01. The molecule has 0 radical (unpaired) electrons. The average molecular weight is 423 g/mol. The summed E-state index contributed by atoms with van der Waals surface area (Å²) in [5, 5.41) is 0. The van der Waals surface area contributed by atoms with Crippen molar-refractivity contribution in [1.29, 1.82) is 0 Å². The van der Waals surface area contributed by atoms with E-state index in [1.165, 1.54) is 77.0 Å². The van der Waals surface area contributed by atoms with Gasteiger partial charge in [-0.1, -0.05) is 95.1 Å². The second-order valence-corrected chi connectivity index (χ2v) is 9.93. The maximum atomic E-state index is 12.3. The molecule has 0 N–H and O–H groups in total. The van der Waals surface area contributed by atoms with Gasteiger partial charge in [0.15, 0.2) is 0 Å². The third-order valence-electron chi connectivity index (χ3n) is 5.00. The van der Waals surface area contributed by atoms with E-state index in [1.807, 2.05) is 18.2 Å². The summed E-state index contributed by atoms with van der Waals surface area (Å²) in [6, 6.07) is 9.22. The highest BCUT2D eigenvalue weighted by molar-refractivity contribution is 7.53. The van der Waals surface area contributed by atoms with Crippen LogP contribution in [0.1, 0.15) is 96.8 Å². The third kappa shape index (κ3) is 16.4. The Labute approximate surface area is 179 Å². The fourth-order valence-electron chi connectivity index (χ4n) is 3.28. The van der Waals surface area contributed by atoms with Crippen molar-refractivity contribution in [2.75, 3.05) is 13.3 Å². The van der Waals surface area contributed by atoms with Crippen LogP contribution in [-0.4, -0.2) is 13.3 Å². The number of hydrogen-bond donors (Lipinski definition) is 0. The lowest BCUT2D eigenvalue weighted by molar-refractivity contribution is 0.262. The third-order valence-corrected chi connectivity index (χ3v) is 6.19. The van der Waals surface area contributed by atoms with Crippen molar-refractivity contribution in [1.82, 2.24) is 0 Å². The SMILES string of the molecule is CCCCCCCC/C=C\CCCCCCCCOP(C)(=O)Oc1ccccc1. The molecule has 4 heteroatoms. The summed E-state index contributed by atoms with van der Waals surface area (Å²) >= 11 is 0. The van der Waals surface area contributed by atoms with Crippen molar-refractivity contribution in [3.05, 3.63) is 42.5 Å². The summed E-state index contributed by atoms with van der Waals surface area (Å²) < 4.78 is 23.2. The summed E-state index contributed by atoms with van der Waals surface area (Å²) in [5.41, 5.74) is 0. The molecular formula is C25H43O3P. The minimum absolute atomic E-state index is 0.502. The Morgan fingerprint density at radius 1 is 0.759 bits per heavy atom. The van der Waals surface area contributed by atoms with Gasteiger partial charge in [-0.2, -0.15) is 0 Å². The Bertz CT molecular complexity index is 556. The van der Waals surface area contributed by atoms with Crippen molar-refractivity contribution in [2.24, 2.45) is 0 Å². The van der Waals surface area contributed by atoms with E-state index in [0.717, 1.165) is 12.8 Å². The molecule has 0 aliphatic heterocycles. The average Bonchev–Trinajstić information content (AvgIpc) is 2.70. The van der Waals surface area contributed by atoms with Crippen LogP contribution in [0.15, 0.2) is 42.5 Å². The van der Waals surface area contributed by atoms with E-state index in [1.54, 1.807) is 18.8 Å².